The third kappa shape index (κ3) is 5.01. The van der Waals surface area contributed by atoms with Crippen molar-refractivity contribution in [2.45, 2.75) is 40.4 Å². The van der Waals surface area contributed by atoms with E-state index in [9.17, 15) is 4.79 Å². The molecule has 0 saturated carbocycles. The van der Waals surface area contributed by atoms with E-state index in [1.807, 2.05) is 51.8 Å². The van der Waals surface area contributed by atoms with Crippen molar-refractivity contribution in [2.24, 2.45) is 0 Å². The molecule has 0 aliphatic carbocycles. The molecule has 0 spiro atoms. The fourth-order valence-corrected chi connectivity index (χ4v) is 2.68. The average Bonchev–Trinajstić information content (AvgIpc) is 2.77. The molecule has 6 nitrogen and oxygen atoms in total. The van der Waals surface area contributed by atoms with Gasteiger partial charge in [0.1, 0.15) is 0 Å². The highest BCUT2D eigenvalue weighted by molar-refractivity contribution is 7.71. The molecule has 24 heavy (non-hydrogen) atoms. The smallest absolute Gasteiger partial charge is 0.288 e. The molecule has 0 aliphatic rings. The van der Waals surface area contributed by atoms with Gasteiger partial charge >= 0.3 is 0 Å². The molecule has 0 saturated heterocycles. The van der Waals surface area contributed by atoms with Crippen LogP contribution in [0.2, 0.25) is 0 Å². The minimum absolute atomic E-state index is 0.0305. The number of likely N-dealkylation sites (N-methyl/N-ethyl adjacent to an activating group) is 1. The van der Waals surface area contributed by atoms with Crippen LogP contribution in [-0.2, 0) is 11.5 Å². The molecule has 1 aromatic carbocycles. The zero-order valence-electron chi connectivity index (χ0n) is 14.8. The van der Waals surface area contributed by atoms with Gasteiger partial charge in [0.05, 0.1) is 13.2 Å². The Bertz CT molecular complexity index is 759. The molecule has 0 bridgehead atoms. The standard InChI is InChI=1S/C17H24N4O2S/c1-11(2)18-15(22)9-20(5)10-21-17(24)23-16(19-21)14-7-12(3)6-13(4)8-14/h6-8,11H,9-10H2,1-5H3,(H,18,22). The summed E-state index contributed by atoms with van der Waals surface area (Å²) in [6.45, 7) is 8.58. The minimum atomic E-state index is -0.0305. The molecule has 0 aliphatic heterocycles. The fourth-order valence-electron chi connectivity index (χ4n) is 2.50. The predicted molar refractivity (Wildman–Crippen MR) is 96.1 cm³/mol. The van der Waals surface area contributed by atoms with E-state index in [1.54, 1.807) is 4.68 Å². The summed E-state index contributed by atoms with van der Waals surface area (Å²) < 4.78 is 7.21. The number of hydrogen-bond donors (Lipinski definition) is 1. The Morgan fingerprint density at radius 3 is 2.54 bits per heavy atom. The summed E-state index contributed by atoms with van der Waals surface area (Å²) in [4.78, 5) is 13.9. The van der Waals surface area contributed by atoms with Crippen LogP contribution in [0.4, 0.5) is 0 Å². The van der Waals surface area contributed by atoms with Gasteiger partial charge in [-0.05, 0) is 59.1 Å². The molecule has 0 atom stereocenters. The number of carbonyl (C=O) groups excluding carboxylic acids is 1. The number of benzene rings is 1. The fraction of sp³-hybridized carbons (Fsp3) is 0.471. The highest BCUT2D eigenvalue weighted by Crippen LogP contribution is 2.21. The van der Waals surface area contributed by atoms with E-state index in [4.69, 9.17) is 16.6 Å². The monoisotopic (exact) mass is 348 g/mol. The van der Waals surface area contributed by atoms with Crippen LogP contribution in [-0.4, -0.2) is 40.2 Å². The first-order valence-corrected chi connectivity index (χ1v) is 8.30. The quantitative estimate of drug-likeness (QED) is 0.813. The zero-order valence-corrected chi connectivity index (χ0v) is 15.6. The molecule has 1 heterocycles. The van der Waals surface area contributed by atoms with Crippen LogP contribution >= 0.6 is 12.2 Å². The van der Waals surface area contributed by atoms with E-state index in [-0.39, 0.29) is 18.5 Å². The Morgan fingerprint density at radius 1 is 1.33 bits per heavy atom. The first-order chi connectivity index (χ1) is 11.2. The first-order valence-electron chi connectivity index (χ1n) is 7.89. The maximum Gasteiger partial charge on any atom is 0.288 e. The number of aryl methyl sites for hydroxylation is 2. The van der Waals surface area contributed by atoms with Crippen LogP contribution in [0.3, 0.4) is 0 Å². The number of carbonyl (C=O) groups is 1. The molecule has 2 aromatic rings. The summed E-state index contributed by atoms with van der Waals surface area (Å²) in [6, 6.07) is 6.24. The Labute approximate surface area is 147 Å². The van der Waals surface area contributed by atoms with Crippen LogP contribution < -0.4 is 5.32 Å². The number of hydrogen-bond acceptors (Lipinski definition) is 5. The van der Waals surface area contributed by atoms with Gasteiger partial charge < -0.3 is 9.73 Å². The van der Waals surface area contributed by atoms with Gasteiger partial charge in [-0.3, -0.25) is 9.69 Å². The van der Waals surface area contributed by atoms with Crippen molar-refractivity contribution in [2.75, 3.05) is 13.6 Å². The lowest BCUT2D eigenvalue weighted by atomic mass is 10.1. The summed E-state index contributed by atoms with van der Waals surface area (Å²) in [6.07, 6.45) is 0. The van der Waals surface area contributed by atoms with Crippen molar-refractivity contribution in [1.29, 1.82) is 0 Å². The summed E-state index contributed by atoms with van der Waals surface area (Å²) in [5.74, 6) is 0.462. The predicted octanol–water partition coefficient (Wildman–Crippen LogP) is 2.90. The van der Waals surface area contributed by atoms with Crippen molar-refractivity contribution in [3.8, 4) is 11.5 Å². The molecular formula is C17H24N4O2S. The van der Waals surface area contributed by atoms with E-state index in [0.717, 1.165) is 16.7 Å². The van der Waals surface area contributed by atoms with Crippen molar-refractivity contribution >= 4 is 18.1 Å². The van der Waals surface area contributed by atoms with Crippen LogP contribution in [0.1, 0.15) is 25.0 Å². The zero-order chi connectivity index (χ0) is 17.9. The second-order valence-electron chi connectivity index (χ2n) is 6.43. The summed E-state index contributed by atoms with van der Waals surface area (Å²) in [5.41, 5.74) is 3.18. The highest BCUT2D eigenvalue weighted by Gasteiger charge is 2.13. The molecule has 1 amide bonds. The summed E-state index contributed by atoms with van der Waals surface area (Å²) in [7, 11) is 1.84. The molecule has 1 N–H and O–H groups in total. The Hall–Kier alpha value is -1.99. The molecule has 1 aromatic heterocycles. The van der Waals surface area contributed by atoms with Gasteiger partial charge in [0.15, 0.2) is 0 Å². The van der Waals surface area contributed by atoms with E-state index < -0.39 is 0 Å². The lowest BCUT2D eigenvalue weighted by Crippen LogP contribution is -2.39. The lowest BCUT2D eigenvalue weighted by molar-refractivity contribution is -0.122. The Balaban J connectivity index is 2.11. The van der Waals surface area contributed by atoms with Crippen LogP contribution in [0.25, 0.3) is 11.5 Å². The lowest BCUT2D eigenvalue weighted by Gasteiger charge is -2.16. The molecule has 7 heteroatoms. The van der Waals surface area contributed by atoms with Crippen molar-refractivity contribution in [3.05, 3.63) is 34.2 Å². The molecule has 0 unspecified atom stereocenters. The third-order valence-electron chi connectivity index (χ3n) is 3.31. The van der Waals surface area contributed by atoms with Crippen LogP contribution in [0.5, 0.6) is 0 Å². The number of rotatable bonds is 6. The number of aromatic nitrogens is 2. The normalized spacial score (nSPS) is 11.3. The Kier molecular flexibility index (Phi) is 5.90. The van der Waals surface area contributed by atoms with Crippen molar-refractivity contribution in [1.82, 2.24) is 20.0 Å². The summed E-state index contributed by atoms with van der Waals surface area (Å²) >= 11 is 5.25. The summed E-state index contributed by atoms with van der Waals surface area (Å²) in [5, 5.41) is 7.30. The average molecular weight is 348 g/mol. The molecule has 2 rings (SSSR count). The van der Waals surface area contributed by atoms with Gasteiger partial charge in [-0.25, -0.2) is 4.68 Å². The van der Waals surface area contributed by atoms with E-state index in [0.29, 0.717) is 17.4 Å². The van der Waals surface area contributed by atoms with E-state index in [1.165, 1.54) is 0 Å². The van der Waals surface area contributed by atoms with Gasteiger partial charge in [-0.15, -0.1) is 5.10 Å². The number of nitrogens with zero attached hydrogens (tertiary/aromatic N) is 3. The van der Waals surface area contributed by atoms with Crippen molar-refractivity contribution < 1.29 is 9.21 Å². The van der Waals surface area contributed by atoms with Gasteiger partial charge in [-0.1, -0.05) is 17.2 Å². The largest absolute Gasteiger partial charge is 0.409 e. The van der Waals surface area contributed by atoms with Crippen LogP contribution in [0.15, 0.2) is 22.6 Å². The van der Waals surface area contributed by atoms with Gasteiger partial charge in [0, 0.05) is 11.6 Å². The maximum absolute atomic E-state index is 11.8. The van der Waals surface area contributed by atoms with E-state index in [2.05, 4.69) is 16.5 Å². The molecule has 0 radical (unpaired) electrons. The SMILES string of the molecule is Cc1cc(C)cc(-c2nn(CN(C)CC(=O)NC(C)C)c(=S)o2)c1. The van der Waals surface area contributed by atoms with Gasteiger partial charge in [-0.2, -0.15) is 0 Å². The van der Waals surface area contributed by atoms with Gasteiger partial charge in [0.25, 0.3) is 4.84 Å². The number of amides is 1. The highest BCUT2D eigenvalue weighted by atomic mass is 32.1. The molecular weight excluding hydrogens is 324 g/mol. The molecule has 0 fully saturated rings. The molecule has 130 valence electrons. The topological polar surface area (TPSA) is 63.3 Å². The second-order valence-corrected chi connectivity index (χ2v) is 6.78. The minimum Gasteiger partial charge on any atom is -0.409 e. The van der Waals surface area contributed by atoms with Crippen molar-refractivity contribution in [3.63, 3.8) is 0 Å². The third-order valence-corrected chi connectivity index (χ3v) is 3.61. The Morgan fingerprint density at radius 2 is 1.96 bits per heavy atom. The van der Waals surface area contributed by atoms with E-state index >= 15 is 0 Å². The van der Waals surface area contributed by atoms with Gasteiger partial charge in [0.2, 0.25) is 11.8 Å². The first kappa shape index (κ1) is 18.4. The number of nitrogens with one attached hydrogen (secondary N) is 1. The second kappa shape index (κ2) is 7.72. The maximum atomic E-state index is 11.8. The van der Waals surface area contributed by atoms with Crippen LogP contribution in [0, 0.1) is 18.7 Å².